The summed E-state index contributed by atoms with van der Waals surface area (Å²) in [6.07, 6.45) is -0.826. The van der Waals surface area contributed by atoms with Crippen LogP contribution in [0.3, 0.4) is 0 Å². The van der Waals surface area contributed by atoms with E-state index in [2.05, 4.69) is 0 Å². The van der Waals surface area contributed by atoms with E-state index in [-0.39, 0.29) is 5.02 Å². The van der Waals surface area contributed by atoms with Crippen molar-refractivity contribution in [2.24, 2.45) is 0 Å². The molecule has 0 saturated heterocycles. The molecule has 0 heterocycles. The molecule has 0 amide bonds. The van der Waals surface area contributed by atoms with Crippen molar-refractivity contribution in [2.45, 2.75) is 6.10 Å². The lowest BCUT2D eigenvalue weighted by atomic mass is 10.0. The Bertz CT molecular complexity index is 485. The van der Waals surface area contributed by atoms with Crippen LogP contribution in [0.5, 0.6) is 0 Å². The van der Waals surface area contributed by atoms with Crippen molar-refractivity contribution >= 4 is 11.6 Å². The Balaban J connectivity index is 2.34. The quantitative estimate of drug-likeness (QED) is 0.845. The summed E-state index contributed by atoms with van der Waals surface area (Å²) in [6, 6.07) is 13.4. The van der Waals surface area contributed by atoms with Crippen molar-refractivity contribution in [1.82, 2.24) is 0 Å². The number of aliphatic hydroxyl groups is 1. The maximum atomic E-state index is 13.2. The summed E-state index contributed by atoms with van der Waals surface area (Å²) in [5.74, 6) is -0.519. The molecule has 2 rings (SSSR count). The zero-order valence-corrected chi connectivity index (χ0v) is 9.16. The Morgan fingerprint density at radius 2 is 1.69 bits per heavy atom. The van der Waals surface area contributed by atoms with Crippen LogP contribution in [-0.2, 0) is 0 Å². The van der Waals surface area contributed by atoms with Crippen molar-refractivity contribution in [1.29, 1.82) is 0 Å². The van der Waals surface area contributed by atoms with Gasteiger partial charge in [-0.15, -0.1) is 0 Å². The van der Waals surface area contributed by atoms with Crippen molar-refractivity contribution in [2.75, 3.05) is 0 Å². The topological polar surface area (TPSA) is 20.2 Å². The molecule has 0 fully saturated rings. The standard InChI is InChI=1S/C13H10ClFO/c14-11-7-6-10(8-12(11)15)13(16)9-4-2-1-3-5-9/h1-8,13,16H/t13-/m0/s1. The molecular weight excluding hydrogens is 227 g/mol. The van der Waals surface area contributed by atoms with E-state index in [1.807, 2.05) is 18.2 Å². The Hall–Kier alpha value is -1.38. The van der Waals surface area contributed by atoms with Crippen LogP contribution in [0.2, 0.25) is 5.02 Å². The van der Waals surface area contributed by atoms with Gasteiger partial charge in [0.15, 0.2) is 0 Å². The molecule has 0 aliphatic heterocycles. The van der Waals surface area contributed by atoms with Gasteiger partial charge in [0.2, 0.25) is 0 Å². The first-order valence-electron chi connectivity index (χ1n) is 4.86. The molecule has 0 bridgehead atoms. The van der Waals surface area contributed by atoms with E-state index in [1.54, 1.807) is 18.2 Å². The zero-order valence-electron chi connectivity index (χ0n) is 8.40. The molecule has 1 nitrogen and oxygen atoms in total. The van der Waals surface area contributed by atoms with Crippen molar-refractivity contribution < 1.29 is 9.50 Å². The molecule has 1 N–H and O–H groups in total. The fraction of sp³-hybridized carbons (Fsp3) is 0.0769. The van der Waals surface area contributed by atoms with E-state index < -0.39 is 11.9 Å². The van der Waals surface area contributed by atoms with Gasteiger partial charge in [0.25, 0.3) is 0 Å². The Morgan fingerprint density at radius 3 is 2.31 bits per heavy atom. The molecule has 0 radical (unpaired) electrons. The summed E-state index contributed by atoms with van der Waals surface area (Å²) < 4.78 is 13.2. The number of aliphatic hydroxyl groups excluding tert-OH is 1. The fourth-order valence-electron chi connectivity index (χ4n) is 1.51. The third-order valence-electron chi connectivity index (χ3n) is 2.37. The molecular formula is C13H10ClFO. The maximum Gasteiger partial charge on any atom is 0.142 e. The third kappa shape index (κ3) is 2.23. The van der Waals surface area contributed by atoms with Gasteiger partial charge in [0.05, 0.1) is 5.02 Å². The van der Waals surface area contributed by atoms with Crippen LogP contribution in [-0.4, -0.2) is 5.11 Å². The highest BCUT2D eigenvalue weighted by Gasteiger charge is 2.11. The molecule has 0 aromatic heterocycles. The largest absolute Gasteiger partial charge is 0.384 e. The van der Waals surface area contributed by atoms with Crippen LogP contribution in [0, 0.1) is 5.82 Å². The second-order valence-corrected chi connectivity index (χ2v) is 3.89. The lowest BCUT2D eigenvalue weighted by Crippen LogP contribution is -1.99. The minimum absolute atomic E-state index is 0.0593. The smallest absolute Gasteiger partial charge is 0.142 e. The monoisotopic (exact) mass is 236 g/mol. The predicted molar refractivity (Wildman–Crippen MR) is 61.9 cm³/mol. The van der Waals surface area contributed by atoms with Crippen molar-refractivity contribution in [3.05, 3.63) is 70.5 Å². The van der Waals surface area contributed by atoms with Crippen LogP contribution in [0.4, 0.5) is 4.39 Å². The molecule has 0 unspecified atom stereocenters. The summed E-state index contributed by atoms with van der Waals surface area (Å²) in [7, 11) is 0. The summed E-state index contributed by atoms with van der Waals surface area (Å²) in [4.78, 5) is 0. The second kappa shape index (κ2) is 4.64. The maximum absolute atomic E-state index is 13.2. The van der Waals surface area contributed by atoms with Gasteiger partial charge in [-0.2, -0.15) is 0 Å². The average molecular weight is 237 g/mol. The van der Waals surface area contributed by atoms with Crippen LogP contribution >= 0.6 is 11.6 Å². The number of halogens is 2. The minimum Gasteiger partial charge on any atom is -0.384 e. The highest BCUT2D eigenvalue weighted by atomic mass is 35.5. The van der Waals surface area contributed by atoms with Gasteiger partial charge in [-0.05, 0) is 23.3 Å². The first-order valence-corrected chi connectivity index (χ1v) is 5.24. The number of hydrogen-bond acceptors (Lipinski definition) is 1. The van der Waals surface area contributed by atoms with Gasteiger partial charge in [-0.25, -0.2) is 4.39 Å². The zero-order chi connectivity index (χ0) is 11.5. The summed E-state index contributed by atoms with van der Waals surface area (Å²) in [5.41, 5.74) is 1.22. The lowest BCUT2D eigenvalue weighted by molar-refractivity contribution is 0.220. The van der Waals surface area contributed by atoms with E-state index in [9.17, 15) is 9.50 Å². The summed E-state index contributed by atoms with van der Waals surface area (Å²) in [6.45, 7) is 0. The lowest BCUT2D eigenvalue weighted by Gasteiger charge is -2.11. The van der Waals surface area contributed by atoms with Gasteiger partial charge in [0, 0.05) is 0 Å². The molecule has 1 atom stereocenters. The second-order valence-electron chi connectivity index (χ2n) is 3.49. The highest BCUT2D eigenvalue weighted by Crippen LogP contribution is 2.24. The summed E-state index contributed by atoms with van der Waals surface area (Å²) in [5, 5.41) is 10.1. The number of hydrogen-bond donors (Lipinski definition) is 1. The fourth-order valence-corrected chi connectivity index (χ4v) is 1.63. The number of benzene rings is 2. The molecule has 0 spiro atoms. The van der Waals surface area contributed by atoms with Gasteiger partial charge >= 0.3 is 0 Å². The summed E-state index contributed by atoms with van der Waals surface area (Å²) >= 11 is 5.57. The normalized spacial score (nSPS) is 12.4. The number of rotatable bonds is 2. The Morgan fingerprint density at radius 1 is 1.00 bits per heavy atom. The van der Waals surface area contributed by atoms with Gasteiger partial charge in [-0.3, -0.25) is 0 Å². The molecule has 0 aliphatic carbocycles. The van der Waals surface area contributed by atoms with E-state index in [4.69, 9.17) is 11.6 Å². The van der Waals surface area contributed by atoms with E-state index in [0.717, 1.165) is 5.56 Å². The highest BCUT2D eigenvalue weighted by molar-refractivity contribution is 6.30. The van der Waals surface area contributed by atoms with Gasteiger partial charge < -0.3 is 5.11 Å². The van der Waals surface area contributed by atoms with E-state index in [0.29, 0.717) is 5.56 Å². The van der Waals surface area contributed by atoms with Crippen LogP contribution in [0.15, 0.2) is 48.5 Å². The Kier molecular flexibility index (Phi) is 3.22. The van der Waals surface area contributed by atoms with Crippen molar-refractivity contribution in [3.63, 3.8) is 0 Å². The molecule has 0 saturated carbocycles. The van der Waals surface area contributed by atoms with Crippen LogP contribution < -0.4 is 0 Å². The first-order chi connectivity index (χ1) is 7.68. The first kappa shape index (κ1) is 11.1. The minimum atomic E-state index is -0.826. The molecule has 16 heavy (non-hydrogen) atoms. The van der Waals surface area contributed by atoms with E-state index in [1.165, 1.54) is 12.1 Å². The SMILES string of the molecule is O[C@@H](c1ccccc1)c1ccc(Cl)c(F)c1. The molecule has 2 aromatic rings. The molecule has 0 aliphatic rings. The van der Waals surface area contributed by atoms with Crippen molar-refractivity contribution in [3.8, 4) is 0 Å². The average Bonchev–Trinajstić information content (AvgIpc) is 2.33. The molecule has 2 aromatic carbocycles. The van der Waals surface area contributed by atoms with Gasteiger partial charge in [0.1, 0.15) is 11.9 Å². The molecule has 3 heteroatoms. The molecule has 82 valence electrons. The third-order valence-corrected chi connectivity index (χ3v) is 2.68. The van der Waals surface area contributed by atoms with Crippen LogP contribution in [0.1, 0.15) is 17.2 Å². The van der Waals surface area contributed by atoms with Crippen LogP contribution in [0.25, 0.3) is 0 Å². The van der Waals surface area contributed by atoms with E-state index >= 15 is 0 Å². The predicted octanol–water partition coefficient (Wildman–Crippen LogP) is 3.56. The Labute approximate surface area is 98.1 Å². The van der Waals surface area contributed by atoms with Gasteiger partial charge in [-0.1, -0.05) is 48.0 Å².